The summed E-state index contributed by atoms with van der Waals surface area (Å²) in [5.41, 5.74) is 5.08. The Balaban J connectivity index is 2.40. The van der Waals surface area contributed by atoms with Gasteiger partial charge in [0.1, 0.15) is 0 Å². The largest absolute Gasteiger partial charge is 0.368 e. The number of hydrogen-bond acceptors (Lipinski definition) is 5. The zero-order valence-electron chi connectivity index (χ0n) is 7.89. The Hall–Kier alpha value is -0.660. The first-order valence-corrected chi connectivity index (χ1v) is 6.11. The van der Waals surface area contributed by atoms with Gasteiger partial charge in [0, 0.05) is 6.54 Å². The van der Waals surface area contributed by atoms with Crippen molar-refractivity contribution >= 4 is 16.0 Å². The van der Waals surface area contributed by atoms with E-state index in [1.54, 1.807) is 0 Å². The molecule has 0 bridgehead atoms. The van der Waals surface area contributed by atoms with Gasteiger partial charge in [-0.25, -0.2) is 0 Å². The van der Waals surface area contributed by atoms with Gasteiger partial charge in [-0.3, -0.25) is 8.98 Å². The van der Waals surface area contributed by atoms with Crippen LogP contribution in [0.4, 0.5) is 0 Å². The van der Waals surface area contributed by atoms with E-state index >= 15 is 0 Å². The second-order valence-corrected chi connectivity index (χ2v) is 4.96. The molecule has 1 rings (SSSR count). The van der Waals surface area contributed by atoms with Crippen molar-refractivity contribution in [1.29, 1.82) is 0 Å². The topological polar surface area (TPSA) is 98.5 Å². The van der Waals surface area contributed by atoms with E-state index in [2.05, 4.69) is 5.32 Å². The zero-order chi connectivity index (χ0) is 10.8. The maximum absolute atomic E-state index is 10.8. The van der Waals surface area contributed by atoms with Crippen molar-refractivity contribution in [2.45, 2.75) is 25.0 Å². The third-order valence-electron chi connectivity index (χ3n) is 2.02. The van der Waals surface area contributed by atoms with Gasteiger partial charge in [-0.15, -0.1) is 0 Å². The normalized spacial score (nSPS) is 28.6. The van der Waals surface area contributed by atoms with Crippen molar-refractivity contribution < 1.29 is 17.4 Å². The molecule has 1 heterocycles. The van der Waals surface area contributed by atoms with Gasteiger partial charge in [-0.05, 0) is 12.8 Å². The molecule has 0 aromatic carbocycles. The van der Waals surface area contributed by atoms with E-state index in [-0.39, 0.29) is 12.1 Å². The molecule has 1 aliphatic heterocycles. The number of piperidine rings is 1. The molecule has 1 fully saturated rings. The van der Waals surface area contributed by atoms with Gasteiger partial charge in [0.15, 0.2) is 0 Å². The molecule has 1 amide bonds. The highest BCUT2D eigenvalue weighted by Crippen LogP contribution is 2.12. The number of rotatable bonds is 3. The Morgan fingerprint density at radius 1 is 1.50 bits per heavy atom. The second kappa shape index (κ2) is 4.24. The van der Waals surface area contributed by atoms with Crippen molar-refractivity contribution in [3.8, 4) is 0 Å². The van der Waals surface area contributed by atoms with Crippen molar-refractivity contribution in [3.05, 3.63) is 0 Å². The molecule has 1 aliphatic rings. The van der Waals surface area contributed by atoms with E-state index in [1.807, 2.05) is 0 Å². The summed E-state index contributed by atoms with van der Waals surface area (Å²) in [5, 5.41) is 2.83. The monoisotopic (exact) mass is 222 g/mol. The lowest BCUT2D eigenvalue weighted by Gasteiger charge is -2.26. The lowest BCUT2D eigenvalue weighted by atomic mass is 10.0. The van der Waals surface area contributed by atoms with Crippen LogP contribution in [0.15, 0.2) is 0 Å². The summed E-state index contributed by atoms with van der Waals surface area (Å²) in [7, 11) is -3.42. The highest BCUT2D eigenvalue weighted by Gasteiger charge is 2.26. The van der Waals surface area contributed by atoms with Crippen LogP contribution in [-0.2, 0) is 19.1 Å². The number of nitrogens with one attached hydrogen (secondary N) is 1. The Kier molecular flexibility index (Phi) is 3.46. The molecule has 0 spiro atoms. The first kappa shape index (κ1) is 11.4. The predicted molar refractivity (Wildman–Crippen MR) is 49.9 cm³/mol. The molecule has 3 N–H and O–H groups in total. The highest BCUT2D eigenvalue weighted by atomic mass is 32.2. The number of carbonyl (C=O) groups excluding carboxylic acids is 1. The van der Waals surface area contributed by atoms with Crippen LogP contribution in [0.3, 0.4) is 0 Å². The minimum absolute atomic E-state index is 0.334. The van der Waals surface area contributed by atoms with Crippen molar-refractivity contribution in [1.82, 2.24) is 5.32 Å². The Morgan fingerprint density at radius 3 is 2.50 bits per heavy atom. The fraction of sp³-hybridized carbons (Fsp3) is 0.857. The third-order valence-corrected chi connectivity index (χ3v) is 2.65. The summed E-state index contributed by atoms with van der Waals surface area (Å²) < 4.78 is 26.3. The smallest absolute Gasteiger partial charge is 0.264 e. The van der Waals surface area contributed by atoms with Crippen LogP contribution in [0, 0.1) is 0 Å². The van der Waals surface area contributed by atoms with Gasteiger partial charge >= 0.3 is 0 Å². The molecule has 14 heavy (non-hydrogen) atoms. The summed E-state index contributed by atoms with van der Waals surface area (Å²) in [6, 6.07) is -0.366. The molecule has 2 unspecified atom stereocenters. The maximum atomic E-state index is 10.8. The summed E-state index contributed by atoms with van der Waals surface area (Å²) in [6.07, 6.45) is 1.65. The number of carbonyl (C=O) groups is 1. The SMILES string of the molecule is CS(=O)(=O)OC1CCC(C(N)=O)NC1. The van der Waals surface area contributed by atoms with Crippen LogP contribution in [-0.4, -0.2) is 39.3 Å². The summed E-state index contributed by atoms with van der Waals surface area (Å²) >= 11 is 0. The molecule has 0 aromatic heterocycles. The minimum Gasteiger partial charge on any atom is -0.368 e. The van der Waals surface area contributed by atoms with Crippen LogP contribution in [0.2, 0.25) is 0 Å². The molecule has 1 saturated heterocycles. The molecule has 0 radical (unpaired) electrons. The quantitative estimate of drug-likeness (QED) is 0.570. The summed E-state index contributed by atoms with van der Waals surface area (Å²) in [6.45, 7) is 0.334. The number of nitrogens with two attached hydrogens (primary N) is 1. The number of hydrogen-bond donors (Lipinski definition) is 2. The number of primary amides is 1. The van der Waals surface area contributed by atoms with E-state index in [0.29, 0.717) is 19.4 Å². The lowest BCUT2D eigenvalue weighted by Crippen LogP contribution is -2.49. The Morgan fingerprint density at radius 2 is 2.14 bits per heavy atom. The van der Waals surface area contributed by atoms with Gasteiger partial charge in [0.25, 0.3) is 10.1 Å². The predicted octanol–water partition coefficient (Wildman–Crippen LogP) is -1.43. The molecule has 6 nitrogen and oxygen atoms in total. The van der Waals surface area contributed by atoms with Gasteiger partial charge in [0.2, 0.25) is 5.91 Å². The summed E-state index contributed by atoms with van der Waals surface area (Å²) in [4.78, 5) is 10.7. The van der Waals surface area contributed by atoms with Crippen LogP contribution >= 0.6 is 0 Å². The molecule has 7 heteroatoms. The first-order valence-electron chi connectivity index (χ1n) is 4.29. The van der Waals surface area contributed by atoms with Crippen molar-refractivity contribution in [3.63, 3.8) is 0 Å². The Labute approximate surface area is 82.9 Å². The van der Waals surface area contributed by atoms with E-state index in [1.165, 1.54) is 0 Å². The van der Waals surface area contributed by atoms with Gasteiger partial charge in [-0.2, -0.15) is 8.42 Å². The van der Waals surface area contributed by atoms with Crippen LogP contribution < -0.4 is 11.1 Å². The molecule has 0 saturated carbocycles. The van der Waals surface area contributed by atoms with Gasteiger partial charge in [0.05, 0.1) is 18.4 Å². The van der Waals surface area contributed by atoms with E-state index in [9.17, 15) is 13.2 Å². The fourth-order valence-corrected chi connectivity index (χ4v) is 2.06. The van der Waals surface area contributed by atoms with Crippen LogP contribution in [0.1, 0.15) is 12.8 Å². The van der Waals surface area contributed by atoms with E-state index in [4.69, 9.17) is 9.92 Å². The average Bonchev–Trinajstić information content (AvgIpc) is 2.02. The van der Waals surface area contributed by atoms with Crippen molar-refractivity contribution in [2.75, 3.05) is 12.8 Å². The van der Waals surface area contributed by atoms with Crippen LogP contribution in [0.5, 0.6) is 0 Å². The standard InChI is InChI=1S/C7H14N2O4S/c1-14(11,12)13-5-2-3-6(7(8)10)9-4-5/h5-6,9H,2-4H2,1H3,(H2,8,10). The molecule has 0 aromatic rings. The van der Waals surface area contributed by atoms with Crippen molar-refractivity contribution in [2.24, 2.45) is 5.73 Å². The summed E-state index contributed by atoms with van der Waals surface area (Å²) in [5.74, 6) is -0.414. The van der Waals surface area contributed by atoms with Crippen LogP contribution in [0.25, 0.3) is 0 Å². The van der Waals surface area contributed by atoms with Gasteiger partial charge in [-0.1, -0.05) is 0 Å². The lowest BCUT2D eigenvalue weighted by molar-refractivity contribution is -0.120. The second-order valence-electron chi connectivity index (χ2n) is 3.36. The maximum Gasteiger partial charge on any atom is 0.264 e. The van der Waals surface area contributed by atoms with Gasteiger partial charge < -0.3 is 11.1 Å². The molecular weight excluding hydrogens is 208 g/mol. The molecule has 2 atom stereocenters. The third kappa shape index (κ3) is 3.60. The zero-order valence-corrected chi connectivity index (χ0v) is 8.71. The first-order chi connectivity index (χ1) is 6.38. The number of amides is 1. The highest BCUT2D eigenvalue weighted by molar-refractivity contribution is 7.86. The van der Waals surface area contributed by atoms with E-state index in [0.717, 1.165) is 6.26 Å². The minimum atomic E-state index is -3.42. The van der Waals surface area contributed by atoms with E-state index < -0.39 is 16.0 Å². The average molecular weight is 222 g/mol. The molecule has 0 aliphatic carbocycles. The molecular formula is C7H14N2O4S. The molecule has 82 valence electrons. The Bertz CT molecular complexity index is 306. The fourth-order valence-electron chi connectivity index (χ4n) is 1.40.